The highest BCUT2D eigenvalue weighted by Crippen LogP contribution is 2.44. The predicted molar refractivity (Wildman–Crippen MR) is 114 cm³/mol. The van der Waals surface area contributed by atoms with Gasteiger partial charge >= 0.3 is 0 Å². The summed E-state index contributed by atoms with van der Waals surface area (Å²) >= 11 is 0. The van der Waals surface area contributed by atoms with Crippen molar-refractivity contribution in [1.82, 2.24) is 0 Å². The van der Waals surface area contributed by atoms with Gasteiger partial charge in [0, 0.05) is 11.4 Å². The van der Waals surface area contributed by atoms with Crippen molar-refractivity contribution in [2.24, 2.45) is 0 Å². The van der Waals surface area contributed by atoms with E-state index in [1.807, 2.05) is 30.3 Å². The smallest absolute Gasteiger partial charge is 0.261 e. The number of benzene rings is 3. The Kier molecular flexibility index (Phi) is 5.30. The van der Waals surface area contributed by atoms with E-state index in [-0.39, 0.29) is 10.8 Å². The number of carbonyl (C=O) groups excluding carboxylic acids is 1. The molecule has 1 saturated carbocycles. The summed E-state index contributed by atoms with van der Waals surface area (Å²) in [5, 5.41) is 2.95. The largest absolute Gasteiger partial charge is 0.325 e. The third-order valence-corrected chi connectivity index (χ3v) is 6.88. The number of hydrogen-bond acceptors (Lipinski definition) is 3. The first-order chi connectivity index (χ1) is 14.4. The summed E-state index contributed by atoms with van der Waals surface area (Å²) in [7, 11) is -3.82. The van der Waals surface area contributed by atoms with Crippen molar-refractivity contribution in [3.05, 3.63) is 90.2 Å². The average molecular weight is 424 g/mol. The minimum atomic E-state index is -3.82. The summed E-state index contributed by atoms with van der Waals surface area (Å²) in [5.41, 5.74) is 1.44. The maximum atomic E-state index is 13.0. The Balaban J connectivity index is 1.46. The van der Waals surface area contributed by atoms with E-state index >= 15 is 0 Å². The van der Waals surface area contributed by atoms with Gasteiger partial charge in [0.05, 0.1) is 10.3 Å². The lowest BCUT2D eigenvalue weighted by Crippen LogP contribution is -2.45. The summed E-state index contributed by atoms with van der Waals surface area (Å²) in [6, 6.07) is 20.8. The van der Waals surface area contributed by atoms with Crippen LogP contribution >= 0.6 is 0 Å². The Labute approximate surface area is 175 Å². The molecule has 1 aliphatic carbocycles. The Morgan fingerprint density at radius 2 is 1.43 bits per heavy atom. The van der Waals surface area contributed by atoms with Crippen LogP contribution in [-0.4, -0.2) is 14.3 Å². The van der Waals surface area contributed by atoms with E-state index in [9.17, 15) is 17.6 Å². The minimum absolute atomic E-state index is 0.0314. The van der Waals surface area contributed by atoms with Crippen molar-refractivity contribution in [2.75, 3.05) is 10.0 Å². The van der Waals surface area contributed by atoms with Gasteiger partial charge in [0.1, 0.15) is 5.82 Å². The molecule has 5 nitrogen and oxygen atoms in total. The molecule has 0 aliphatic heterocycles. The van der Waals surface area contributed by atoms with Gasteiger partial charge in [-0.05, 0) is 66.9 Å². The lowest BCUT2D eigenvalue weighted by Gasteiger charge is -2.40. The van der Waals surface area contributed by atoms with Crippen LogP contribution in [0, 0.1) is 5.82 Å². The fourth-order valence-corrected chi connectivity index (χ4v) is 4.69. The zero-order chi connectivity index (χ0) is 21.2. The van der Waals surface area contributed by atoms with Crippen LogP contribution in [0.2, 0.25) is 0 Å². The van der Waals surface area contributed by atoms with Gasteiger partial charge < -0.3 is 5.32 Å². The Bertz CT molecular complexity index is 1140. The molecule has 3 aromatic rings. The van der Waals surface area contributed by atoms with E-state index in [1.54, 1.807) is 24.3 Å². The maximum Gasteiger partial charge on any atom is 0.261 e. The second-order valence-electron chi connectivity index (χ2n) is 7.39. The van der Waals surface area contributed by atoms with Crippen molar-refractivity contribution < 1.29 is 17.6 Å². The molecule has 2 N–H and O–H groups in total. The normalized spacial score (nSPS) is 15.1. The van der Waals surface area contributed by atoms with Crippen LogP contribution in [0.4, 0.5) is 15.8 Å². The molecule has 0 unspecified atom stereocenters. The quantitative estimate of drug-likeness (QED) is 0.603. The van der Waals surface area contributed by atoms with Gasteiger partial charge in [-0.15, -0.1) is 0 Å². The SMILES string of the molecule is O=C(Nc1ccc(NS(=O)(=O)c2ccc(F)cc2)cc1)C1(c2ccccc2)CCC1. The summed E-state index contributed by atoms with van der Waals surface area (Å²) < 4.78 is 40.3. The average Bonchev–Trinajstić information content (AvgIpc) is 2.70. The number of nitrogens with one attached hydrogen (secondary N) is 2. The Morgan fingerprint density at radius 3 is 2.00 bits per heavy atom. The lowest BCUT2D eigenvalue weighted by molar-refractivity contribution is -0.124. The van der Waals surface area contributed by atoms with Crippen molar-refractivity contribution in [2.45, 2.75) is 29.6 Å². The third-order valence-electron chi connectivity index (χ3n) is 5.49. The molecule has 0 bridgehead atoms. The molecule has 0 atom stereocenters. The zero-order valence-corrected chi connectivity index (χ0v) is 17.0. The molecule has 0 saturated heterocycles. The standard InChI is InChI=1S/C23H21FN2O3S/c24-18-7-13-21(14-8-18)30(28,29)26-20-11-9-19(10-12-20)25-22(27)23(15-4-16-23)17-5-2-1-3-6-17/h1-3,5-14,26H,4,15-16H2,(H,25,27). The van der Waals surface area contributed by atoms with Crippen LogP contribution in [0.25, 0.3) is 0 Å². The monoisotopic (exact) mass is 424 g/mol. The molecule has 7 heteroatoms. The van der Waals surface area contributed by atoms with Crippen LogP contribution < -0.4 is 10.0 Å². The number of sulfonamides is 1. The predicted octanol–water partition coefficient (Wildman–Crippen LogP) is 4.69. The van der Waals surface area contributed by atoms with E-state index in [1.165, 1.54) is 12.1 Å². The molecule has 0 radical (unpaired) electrons. The fraction of sp³-hybridized carbons (Fsp3) is 0.174. The zero-order valence-electron chi connectivity index (χ0n) is 16.1. The van der Waals surface area contributed by atoms with Crippen molar-refractivity contribution >= 4 is 27.3 Å². The van der Waals surface area contributed by atoms with Gasteiger partial charge in [0.2, 0.25) is 5.91 Å². The molecule has 0 spiro atoms. The minimum Gasteiger partial charge on any atom is -0.325 e. The summed E-state index contributed by atoms with van der Waals surface area (Å²) in [4.78, 5) is 13.0. The highest BCUT2D eigenvalue weighted by atomic mass is 32.2. The first kappa shape index (κ1) is 20.1. The number of hydrogen-bond donors (Lipinski definition) is 2. The molecule has 1 fully saturated rings. The summed E-state index contributed by atoms with van der Waals surface area (Å²) in [6.07, 6.45) is 2.61. The molecular weight excluding hydrogens is 403 g/mol. The van der Waals surface area contributed by atoms with E-state index in [2.05, 4.69) is 10.0 Å². The van der Waals surface area contributed by atoms with Crippen molar-refractivity contribution in [3.63, 3.8) is 0 Å². The molecule has 3 aromatic carbocycles. The van der Waals surface area contributed by atoms with Gasteiger partial charge in [-0.3, -0.25) is 9.52 Å². The van der Waals surface area contributed by atoms with Crippen LogP contribution in [0.3, 0.4) is 0 Å². The van der Waals surface area contributed by atoms with E-state index in [4.69, 9.17) is 0 Å². The highest BCUT2D eigenvalue weighted by molar-refractivity contribution is 7.92. The second-order valence-corrected chi connectivity index (χ2v) is 9.07. The van der Waals surface area contributed by atoms with Gasteiger partial charge in [-0.1, -0.05) is 36.8 Å². The third kappa shape index (κ3) is 3.93. The number of rotatable bonds is 6. The van der Waals surface area contributed by atoms with Gasteiger partial charge in [0.25, 0.3) is 10.0 Å². The van der Waals surface area contributed by atoms with Crippen molar-refractivity contribution in [1.29, 1.82) is 0 Å². The molecule has 0 aromatic heterocycles. The van der Waals surface area contributed by atoms with Gasteiger partial charge in [-0.2, -0.15) is 0 Å². The molecule has 4 rings (SSSR count). The van der Waals surface area contributed by atoms with Crippen LogP contribution in [0.5, 0.6) is 0 Å². The fourth-order valence-electron chi connectivity index (χ4n) is 3.63. The number of amides is 1. The topological polar surface area (TPSA) is 75.3 Å². The maximum absolute atomic E-state index is 13.0. The molecule has 1 aliphatic rings. The number of carbonyl (C=O) groups is 1. The van der Waals surface area contributed by atoms with Crippen LogP contribution in [0.15, 0.2) is 83.8 Å². The number of anilines is 2. The molecular formula is C23H21FN2O3S. The van der Waals surface area contributed by atoms with Crippen LogP contribution in [-0.2, 0) is 20.2 Å². The van der Waals surface area contributed by atoms with Crippen LogP contribution in [0.1, 0.15) is 24.8 Å². The highest BCUT2D eigenvalue weighted by Gasteiger charge is 2.45. The summed E-state index contributed by atoms with van der Waals surface area (Å²) in [6.45, 7) is 0. The number of halogens is 1. The van der Waals surface area contributed by atoms with Gasteiger partial charge in [0.15, 0.2) is 0 Å². The molecule has 1 amide bonds. The first-order valence-corrected chi connectivity index (χ1v) is 11.1. The molecule has 154 valence electrons. The molecule has 30 heavy (non-hydrogen) atoms. The lowest BCUT2D eigenvalue weighted by atomic mass is 9.64. The first-order valence-electron chi connectivity index (χ1n) is 9.65. The van der Waals surface area contributed by atoms with E-state index in [0.29, 0.717) is 11.4 Å². The van der Waals surface area contributed by atoms with Crippen molar-refractivity contribution in [3.8, 4) is 0 Å². The van der Waals surface area contributed by atoms with Gasteiger partial charge in [-0.25, -0.2) is 12.8 Å². The van der Waals surface area contributed by atoms with E-state index in [0.717, 1.165) is 37.0 Å². The Hall–Kier alpha value is -3.19. The Morgan fingerprint density at radius 1 is 0.833 bits per heavy atom. The van der Waals surface area contributed by atoms with E-state index < -0.39 is 21.3 Å². The second kappa shape index (κ2) is 7.91. The summed E-state index contributed by atoms with van der Waals surface area (Å²) in [5.74, 6) is -0.562. The molecule has 0 heterocycles.